The van der Waals surface area contributed by atoms with E-state index in [-0.39, 0.29) is 0 Å². The highest BCUT2D eigenvalue weighted by molar-refractivity contribution is 8.05. The molecule has 12 heavy (non-hydrogen) atoms. The first-order chi connectivity index (χ1) is 5.95. The second-order valence-electron chi connectivity index (χ2n) is 2.85. The summed E-state index contributed by atoms with van der Waals surface area (Å²) >= 11 is 3.66. The summed E-state index contributed by atoms with van der Waals surface area (Å²) in [4.78, 5) is 0. The molecule has 0 aromatic heterocycles. The summed E-state index contributed by atoms with van der Waals surface area (Å²) in [6.07, 6.45) is 1.08. The Kier molecular flexibility index (Phi) is 3.39. The van der Waals surface area contributed by atoms with E-state index in [2.05, 4.69) is 10.8 Å². The number of thioether (sulfide) groups is 2. The Morgan fingerprint density at radius 3 is 1.75 bits per heavy atom. The maximum Gasteiger partial charge on any atom is 0.0903 e. The largest absolute Gasteiger partial charge is 0.372 e. The van der Waals surface area contributed by atoms with Gasteiger partial charge in [-0.15, -0.1) is 23.5 Å². The molecule has 4 heteroatoms. The summed E-state index contributed by atoms with van der Waals surface area (Å²) in [5.41, 5.74) is 0. The minimum atomic E-state index is 0.538. The fraction of sp³-hybridized carbons (Fsp3) is 0.750. The molecule has 68 valence electrons. The summed E-state index contributed by atoms with van der Waals surface area (Å²) < 4.78 is 10.2. The van der Waals surface area contributed by atoms with E-state index in [1.807, 2.05) is 23.5 Å². The number of hydrogen-bond acceptors (Lipinski definition) is 4. The number of epoxide rings is 2. The lowest BCUT2D eigenvalue weighted by Gasteiger charge is -1.89. The first-order valence-electron chi connectivity index (χ1n) is 4.06. The van der Waals surface area contributed by atoms with Gasteiger partial charge in [0.15, 0.2) is 0 Å². The molecule has 0 bridgehead atoms. The molecular formula is C8H12O2S2. The Morgan fingerprint density at radius 1 is 1.00 bits per heavy atom. The highest BCUT2D eigenvalue weighted by Gasteiger charge is 2.22. The van der Waals surface area contributed by atoms with Crippen molar-refractivity contribution in [2.45, 2.75) is 12.2 Å². The topological polar surface area (TPSA) is 25.1 Å². The van der Waals surface area contributed by atoms with Crippen molar-refractivity contribution in [2.24, 2.45) is 0 Å². The summed E-state index contributed by atoms with van der Waals surface area (Å²) in [5.74, 6) is 2.22. The number of hydrogen-bond donors (Lipinski definition) is 0. The van der Waals surface area contributed by atoms with E-state index in [0.717, 1.165) is 24.7 Å². The van der Waals surface area contributed by atoms with Crippen molar-refractivity contribution in [1.82, 2.24) is 0 Å². The average Bonchev–Trinajstić information content (AvgIpc) is 2.89. The van der Waals surface area contributed by atoms with Gasteiger partial charge in [-0.1, -0.05) is 0 Å². The van der Waals surface area contributed by atoms with Crippen LogP contribution in [0.1, 0.15) is 0 Å². The summed E-state index contributed by atoms with van der Waals surface area (Å²) in [6.45, 7) is 1.92. The van der Waals surface area contributed by atoms with Gasteiger partial charge in [-0.05, 0) is 10.8 Å². The van der Waals surface area contributed by atoms with Crippen LogP contribution in [0.4, 0.5) is 0 Å². The van der Waals surface area contributed by atoms with Crippen LogP contribution in [0.2, 0.25) is 0 Å². The van der Waals surface area contributed by atoms with Crippen molar-refractivity contribution in [3.63, 3.8) is 0 Å². The molecular weight excluding hydrogens is 192 g/mol. The van der Waals surface area contributed by atoms with Gasteiger partial charge in [-0.2, -0.15) is 0 Å². The van der Waals surface area contributed by atoms with Crippen LogP contribution in [0.15, 0.2) is 10.8 Å². The van der Waals surface area contributed by atoms with Gasteiger partial charge in [0.2, 0.25) is 0 Å². The molecule has 2 nitrogen and oxygen atoms in total. The lowest BCUT2D eigenvalue weighted by Crippen LogP contribution is -1.86. The molecule has 0 spiro atoms. The Balaban J connectivity index is 1.41. The van der Waals surface area contributed by atoms with Crippen molar-refractivity contribution >= 4 is 23.5 Å². The van der Waals surface area contributed by atoms with Crippen molar-refractivity contribution < 1.29 is 9.47 Å². The lowest BCUT2D eigenvalue weighted by molar-refractivity contribution is 0.426. The number of ether oxygens (including phenoxy) is 2. The highest BCUT2D eigenvalue weighted by atomic mass is 32.2. The minimum absolute atomic E-state index is 0.538. The SMILES string of the molecule is C(=C/SCC1CO1)/SCC1CO1. The fourth-order valence-electron chi connectivity index (χ4n) is 0.733. The molecule has 2 rings (SSSR count). The molecule has 2 aliphatic heterocycles. The molecule has 2 fully saturated rings. The molecule has 2 heterocycles. The quantitative estimate of drug-likeness (QED) is 0.615. The Morgan fingerprint density at radius 2 is 1.42 bits per heavy atom. The molecule has 2 atom stereocenters. The molecule has 2 saturated heterocycles. The van der Waals surface area contributed by atoms with Crippen LogP contribution in [0.25, 0.3) is 0 Å². The van der Waals surface area contributed by atoms with Crippen LogP contribution in [0.3, 0.4) is 0 Å². The third kappa shape index (κ3) is 3.85. The van der Waals surface area contributed by atoms with Gasteiger partial charge in [0.1, 0.15) is 0 Å². The molecule has 0 aliphatic carbocycles. The molecule has 0 N–H and O–H groups in total. The molecule has 2 unspecified atom stereocenters. The Labute approximate surface area is 81.1 Å². The van der Waals surface area contributed by atoms with Crippen LogP contribution in [-0.2, 0) is 9.47 Å². The first kappa shape index (κ1) is 8.94. The summed E-state index contributed by atoms with van der Waals surface area (Å²) in [5, 5.41) is 4.30. The van der Waals surface area contributed by atoms with Gasteiger partial charge in [-0.3, -0.25) is 0 Å². The van der Waals surface area contributed by atoms with Crippen LogP contribution >= 0.6 is 23.5 Å². The maximum absolute atomic E-state index is 5.08. The Hall–Kier alpha value is 0.360. The lowest BCUT2D eigenvalue weighted by atomic mass is 10.6. The predicted molar refractivity (Wildman–Crippen MR) is 53.5 cm³/mol. The zero-order valence-corrected chi connectivity index (χ0v) is 8.40. The zero-order chi connectivity index (χ0) is 8.23. The van der Waals surface area contributed by atoms with Crippen molar-refractivity contribution in [3.8, 4) is 0 Å². The van der Waals surface area contributed by atoms with E-state index in [4.69, 9.17) is 9.47 Å². The third-order valence-electron chi connectivity index (χ3n) is 1.62. The third-order valence-corrected chi connectivity index (χ3v) is 3.57. The second-order valence-corrected chi connectivity index (χ2v) is 4.73. The van der Waals surface area contributed by atoms with Crippen LogP contribution in [0.5, 0.6) is 0 Å². The first-order valence-corrected chi connectivity index (χ1v) is 6.16. The standard InChI is InChI=1S/C8H12O2S2/c1(11-5-7-3-9-7)2-12-6-8-4-10-8/h1-2,7-8H,3-6H2/b2-1-. The predicted octanol–water partition coefficient (Wildman–Crippen LogP) is 1.72. The molecule has 0 radical (unpaired) electrons. The van der Waals surface area contributed by atoms with E-state index in [9.17, 15) is 0 Å². The normalized spacial score (nSPS) is 32.7. The van der Waals surface area contributed by atoms with Gasteiger partial charge < -0.3 is 9.47 Å². The van der Waals surface area contributed by atoms with Gasteiger partial charge in [-0.25, -0.2) is 0 Å². The van der Waals surface area contributed by atoms with Gasteiger partial charge in [0.05, 0.1) is 25.4 Å². The zero-order valence-electron chi connectivity index (χ0n) is 6.77. The van der Waals surface area contributed by atoms with Crippen molar-refractivity contribution in [3.05, 3.63) is 10.8 Å². The van der Waals surface area contributed by atoms with Gasteiger partial charge in [0.25, 0.3) is 0 Å². The molecule has 0 aromatic rings. The van der Waals surface area contributed by atoms with Crippen LogP contribution < -0.4 is 0 Å². The molecule has 0 aromatic carbocycles. The molecule has 2 aliphatic rings. The van der Waals surface area contributed by atoms with Gasteiger partial charge in [0, 0.05) is 11.5 Å². The van der Waals surface area contributed by atoms with Crippen LogP contribution in [-0.4, -0.2) is 36.9 Å². The number of rotatable bonds is 6. The van der Waals surface area contributed by atoms with E-state index >= 15 is 0 Å². The van der Waals surface area contributed by atoms with Gasteiger partial charge >= 0.3 is 0 Å². The maximum atomic E-state index is 5.08. The fourth-order valence-corrected chi connectivity index (χ4v) is 2.40. The summed E-state index contributed by atoms with van der Waals surface area (Å²) in [6, 6.07) is 0. The van der Waals surface area contributed by atoms with E-state index in [1.54, 1.807) is 0 Å². The molecule has 0 amide bonds. The Bertz CT molecular complexity index is 146. The minimum Gasteiger partial charge on any atom is -0.372 e. The highest BCUT2D eigenvalue weighted by Crippen LogP contribution is 2.20. The molecule has 0 saturated carbocycles. The van der Waals surface area contributed by atoms with E-state index in [0.29, 0.717) is 12.2 Å². The van der Waals surface area contributed by atoms with Crippen molar-refractivity contribution in [1.29, 1.82) is 0 Å². The summed E-state index contributed by atoms with van der Waals surface area (Å²) in [7, 11) is 0. The smallest absolute Gasteiger partial charge is 0.0903 e. The average molecular weight is 204 g/mol. The van der Waals surface area contributed by atoms with Crippen molar-refractivity contribution in [2.75, 3.05) is 24.7 Å². The second kappa shape index (κ2) is 4.56. The monoisotopic (exact) mass is 204 g/mol. The van der Waals surface area contributed by atoms with E-state index < -0.39 is 0 Å². The van der Waals surface area contributed by atoms with E-state index in [1.165, 1.54) is 0 Å². The van der Waals surface area contributed by atoms with Crippen LogP contribution in [0, 0.1) is 0 Å².